The molecule has 8 nitrogen and oxygen atoms in total. The van der Waals surface area contributed by atoms with E-state index in [1.165, 1.54) is 29.5 Å². The van der Waals surface area contributed by atoms with E-state index in [4.69, 9.17) is 4.42 Å². The number of amides is 1. The third kappa shape index (κ3) is 5.90. The molecule has 9 heteroatoms. The lowest BCUT2D eigenvalue weighted by Crippen LogP contribution is -2.39. The highest BCUT2D eigenvalue weighted by atomic mass is 32.2. The van der Waals surface area contributed by atoms with Gasteiger partial charge in [-0.3, -0.25) is 4.79 Å². The lowest BCUT2D eigenvalue weighted by Gasteiger charge is -2.20. The van der Waals surface area contributed by atoms with Gasteiger partial charge in [0.05, 0.1) is 30.5 Å². The molecule has 0 fully saturated rings. The number of hydrazone groups is 1. The van der Waals surface area contributed by atoms with Crippen molar-refractivity contribution < 1.29 is 17.6 Å². The second-order valence-corrected chi connectivity index (χ2v) is 10.8. The molecule has 0 aliphatic heterocycles. The van der Waals surface area contributed by atoms with Gasteiger partial charge in [-0.1, -0.05) is 24.3 Å². The van der Waals surface area contributed by atoms with Crippen molar-refractivity contribution in [3.63, 3.8) is 0 Å². The first-order chi connectivity index (χ1) is 17.7. The number of rotatable bonds is 9. The van der Waals surface area contributed by atoms with Gasteiger partial charge in [0.2, 0.25) is 10.0 Å². The topological polar surface area (TPSA) is 96.9 Å². The van der Waals surface area contributed by atoms with Crippen LogP contribution in [0.4, 0.5) is 0 Å². The summed E-state index contributed by atoms with van der Waals surface area (Å²) in [5.74, 6) is -0.139. The minimum atomic E-state index is -3.94. The minimum Gasteiger partial charge on any atom is -0.468 e. The predicted octanol–water partition coefficient (Wildman–Crippen LogP) is 4.65. The molecule has 0 atom stereocenters. The van der Waals surface area contributed by atoms with Gasteiger partial charge in [-0.15, -0.1) is 0 Å². The second kappa shape index (κ2) is 11.0. The largest absolute Gasteiger partial charge is 0.468 e. The molecule has 0 aliphatic carbocycles. The number of aromatic nitrogens is 1. The molecule has 192 valence electrons. The summed E-state index contributed by atoms with van der Waals surface area (Å²) in [5.41, 5.74) is 8.81. The summed E-state index contributed by atoms with van der Waals surface area (Å²) in [7, 11) is -3.94. The minimum absolute atomic E-state index is 0.0848. The summed E-state index contributed by atoms with van der Waals surface area (Å²) < 4.78 is 35.0. The number of nitrogens with zero attached hydrogens (tertiary/aromatic N) is 3. The monoisotopic (exact) mass is 518 g/mol. The molecule has 2 heterocycles. The van der Waals surface area contributed by atoms with Crippen LogP contribution in [0.25, 0.3) is 5.69 Å². The van der Waals surface area contributed by atoms with E-state index in [0.29, 0.717) is 5.76 Å². The summed E-state index contributed by atoms with van der Waals surface area (Å²) in [6.45, 7) is 7.66. The van der Waals surface area contributed by atoms with Gasteiger partial charge >= 0.3 is 0 Å². The Kier molecular flexibility index (Phi) is 7.75. The Hall–Kier alpha value is -3.95. The van der Waals surface area contributed by atoms with E-state index in [-0.39, 0.29) is 11.4 Å². The third-order valence-electron chi connectivity index (χ3n) is 6.23. The van der Waals surface area contributed by atoms with Crippen LogP contribution in [0.5, 0.6) is 0 Å². The van der Waals surface area contributed by atoms with Crippen LogP contribution in [0, 0.1) is 27.7 Å². The fraction of sp³-hybridized carbons (Fsp3) is 0.214. The maximum absolute atomic E-state index is 13.2. The number of sulfonamides is 1. The molecule has 4 aromatic rings. The number of nitrogens with one attached hydrogen (secondary N) is 1. The number of furan rings is 1. The maximum atomic E-state index is 13.2. The van der Waals surface area contributed by atoms with Crippen LogP contribution in [-0.2, 0) is 21.4 Å². The smallest absolute Gasteiger partial charge is 0.255 e. The summed E-state index contributed by atoms with van der Waals surface area (Å²) in [6.07, 6.45) is 3.03. The Bertz CT molecular complexity index is 1520. The first kappa shape index (κ1) is 26.1. The predicted molar refractivity (Wildman–Crippen MR) is 143 cm³/mol. The number of hydrogen-bond donors (Lipinski definition) is 1. The summed E-state index contributed by atoms with van der Waals surface area (Å²) in [5, 5.41) is 4.10. The fourth-order valence-corrected chi connectivity index (χ4v) is 5.48. The van der Waals surface area contributed by atoms with Gasteiger partial charge in [0.1, 0.15) is 5.76 Å². The van der Waals surface area contributed by atoms with E-state index in [1.54, 1.807) is 36.5 Å². The van der Waals surface area contributed by atoms with Gasteiger partial charge < -0.3 is 8.98 Å². The first-order valence-corrected chi connectivity index (χ1v) is 13.3. The maximum Gasteiger partial charge on any atom is 0.255 e. The zero-order valence-corrected chi connectivity index (χ0v) is 22.1. The Balaban J connectivity index is 1.50. The van der Waals surface area contributed by atoms with Gasteiger partial charge in [0.15, 0.2) is 0 Å². The van der Waals surface area contributed by atoms with Crippen LogP contribution in [-0.4, -0.2) is 36.0 Å². The van der Waals surface area contributed by atoms with E-state index in [0.717, 1.165) is 26.9 Å². The molecule has 4 rings (SSSR count). The molecule has 37 heavy (non-hydrogen) atoms. The van der Waals surface area contributed by atoms with Crippen molar-refractivity contribution in [1.29, 1.82) is 0 Å². The van der Waals surface area contributed by atoms with Gasteiger partial charge in [0, 0.05) is 22.6 Å². The molecular formula is C28H30N4O4S. The SMILES string of the molecule is Cc1ccc(-n2c(C)cc(/C=N/NC(=O)CN(Cc3ccco3)S(=O)(=O)c3ccccc3)c2C)cc1C. The highest BCUT2D eigenvalue weighted by molar-refractivity contribution is 7.89. The number of benzene rings is 2. The van der Waals surface area contributed by atoms with Gasteiger partial charge in [0.25, 0.3) is 5.91 Å². The molecule has 0 saturated heterocycles. The van der Waals surface area contributed by atoms with Crippen LogP contribution >= 0.6 is 0 Å². The Morgan fingerprint density at radius 1 is 1.00 bits per heavy atom. The van der Waals surface area contributed by atoms with E-state index in [2.05, 4.69) is 47.1 Å². The Labute approximate surface area is 217 Å². The van der Waals surface area contributed by atoms with Crippen LogP contribution in [0.3, 0.4) is 0 Å². The standard InChI is InChI=1S/C28H30N4O4S/c1-20-12-13-25(15-21(20)2)32-22(3)16-24(23(32)4)17-29-30-28(33)19-31(18-26-9-8-14-36-26)37(34,35)27-10-6-5-7-11-27/h5-17H,18-19H2,1-4H3,(H,30,33)/b29-17+. The van der Waals surface area contributed by atoms with Crippen molar-refractivity contribution in [2.45, 2.75) is 39.1 Å². The van der Waals surface area contributed by atoms with Crippen molar-refractivity contribution in [3.05, 3.63) is 107 Å². The Morgan fingerprint density at radius 2 is 1.76 bits per heavy atom. The zero-order valence-electron chi connectivity index (χ0n) is 21.3. The molecule has 2 aromatic heterocycles. The van der Waals surface area contributed by atoms with Crippen molar-refractivity contribution in [3.8, 4) is 5.69 Å². The highest BCUT2D eigenvalue weighted by Gasteiger charge is 2.27. The molecular weight excluding hydrogens is 488 g/mol. The molecule has 0 radical (unpaired) electrons. The van der Waals surface area contributed by atoms with Gasteiger partial charge in [-0.25, -0.2) is 13.8 Å². The molecule has 0 bridgehead atoms. The van der Waals surface area contributed by atoms with Crippen LogP contribution in [0.1, 0.15) is 33.8 Å². The van der Waals surface area contributed by atoms with E-state index < -0.39 is 22.5 Å². The van der Waals surface area contributed by atoms with E-state index in [1.807, 2.05) is 19.9 Å². The van der Waals surface area contributed by atoms with Crippen molar-refractivity contribution in [2.24, 2.45) is 5.10 Å². The molecule has 1 N–H and O–H groups in total. The lowest BCUT2D eigenvalue weighted by atomic mass is 10.1. The van der Waals surface area contributed by atoms with Crippen molar-refractivity contribution in [2.75, 3.05) is 6.54 Å². The lowest BCUT2D eigenvalue weighted by molar-refractivity contribution is -0.121. The summed E-state index contributed by atoms with van der Waals surface area (Å²) >= 11 is 0. The molecule has 1 amide bonds. The molecule has 0 unspecified atom stereocenters. The van der Waals surface area contributed by atoms with Crippen molar-refractivity contribution >= 4 is 22.1 Å². The highest BCUT2D eigenvalue weighted by Crippen LogP contribution is 2.22. The first-order valence-electron chi connectivity index (χ1n) is 11.8. The average molecular weight is 519 g/mol. The molecule has 0 aliphatic rings. The summed E-state index contributed by atoms with van der Waals surface area (Å²) in [6, 6.07) is 19.6. The van der Waals surface area contributed by atoms with E-state index in [9.17, 15) is 13.2 Å². The van der Waals surface area contributed by atoms with Gasteiger partial charge in [-0.05, 0) is 81.3 Å². The molecule has 0 saturated carbocycles. The zero-order chi connectivity index (χ0) is 26.6. The molecule has 0 spiro atoms. The quantitative estimate of drug-likeness (QED) is 0.258. The number of carbonyl (C=O) groups excluding carboxylic acids is 1. The third-order valence-corrected chi connectivity index (χ3v) is 8.03. The van der Waals surface area contributed by atoms with Gasteiger partial charge in [-0.2, -0.15) is 9.41 Å². The summed E-state index contributed by atoms with van der Waals surface area (Å²) in [4.78, 5) is 12.8. The number of hydrogen-bond acceptors (Lipinski definition) is 5. The number of carbonyl (C=O) groups is 1. The molecule has 2 aromatic carbocycles. The van der Waals surface area contributed by atoms with Crippen LogP contribution in [0.2, 0.25) is 0 Å². The van der Waals surface area contributed by atoms with Crippen molar-refractivity contribution in [1.82, 2.24) is 14.3 Å². The normalized spacial score (nSPS) is 11.9. The fourth-order valence-electron chi connectivity index (χ4n) is 4.09. The van der Waals surface area contributed by atoms with Crippen LogP contribution < -0.4 is 5.43 Å². The van der Waals surface area contributed by atoms with Crippen LogP contribution in [0.15, 0.2) is 87.4 Å². The second-order valence-electron chi connectivity index (χ2n) is 8.89. The van der Waals surface area contributed by atoms with E-state index >= 15 is 0 Å². The average Bonchev–Trinajstić information content (AvgIpc) is 3.48. The number of aryl methyl sites for hydroxylation is 3. The Morgan fingerprint density at radius 3 is 2.43 bits per heavy atom.